The smallest absolute Gasteiger partial charge is 0.187 e. The highest BCUT2D eigenvalue weighted by molar-refractivity contribution is 5.24. The second-order valence-electron chi connectivity index (χ2n) is 17.3. The second kappa shape index (κ2) is 10.6. The molecule has 0 bridgehead atoms. The third-order valence-electron chi connectivity index (χ3n) is 14.1. The molecule has 3 unspecified atom stereocenters. The van der Waals surface area contributed by atoms with Gasteiger partial charge in [-0.05, 0) is 90.4 Å². The summed E-state index contributed by atoms with van der Waals surface area (Å²) in [5, 5.41) is 46.3. The molecule has 3 aliphatic heterocycles. The quantitative estimate of drug-likeness (QED) is 0.339. The third-order valence-corrected chi connectivity index (χ3v) is 14.1. The molecule has 258 valence electrons. The molecule has 0 aromatic carbocycles. The molecule has 0 aromatic heterocycles. The summed E-state index contributed by atoms with van der Waals surface area (Å²) in [5.74, 6) is -1.61. The Morgan fingerprint density at radius 3 is 2.31 bits per heavy atom. The van der Waals surface area contributed by atoms with Crippen molar-refractivity contribution in [1.29, 1.82) is 0 Å². The minimum atomic E-state index is -1.14. The zero-order valence-corrected chi connectivity index (χ0v) is 28.5. The van der Waals surface area contributed by atoms with E-state index in [2.05, 4.69) is 20.8 Å². The van der Waals surface area contributed by atoms with E-state index >= 15 is 0 Å². The van der Waals surface area contributed by atoms with Crippen molar-refractivity contribution in [2.24, 2.45) is 40.4 Å². The summed E-state index contributed by atoms with van der Waals surface area (Å²) in [7, 11) is 0. The summed E-state index contributed by atoms with van der Waals surface area (Å²) >= 11 is 0. The van der Waals surface area contributed by atoms with E-state index in [1.165, 1.54) is 0 Å². The number of rotatable bonds is 4. The van der Waals surface area contributed by atoms with Gasteiger partial charge in [0.25, 0.3) is 0 Å². The van der Waals surface area contributed by atoms with E-state index in [4.69, 9.17) is 28.4 Å². The minimum Gasteiger partial charge on any atom is -0.394 e. The second-order valence-corrected chi connectivity index (χ2v) is 17.3. The van der Waals surface area contributed by atoms with Gasteiger partial charge in [-0.25, -0.2) is 0 Å². The molecular weight excluding hydrogens is 580 g/mol. The highest BCUT2D eigenvalue weighted by atomic mass is 16.8. The highest BCUT2D eigenvalue weighted by Crippen LogP contribution is 2.72. The summed E-state index contributed by atoms with van der Waals surface area (Å²) in [6.07, 6.45) is 1.31. The maximum atomic E-state index is 12.9. The number of hydrogen-bond donors (Lipinski definition) is 4. The van der Waals surface area contributed by atoms with E-state index in [9.17, 15) is 20.4 Å². The van der Waals surface area contributed by atoms with Crippen LogP contribution in [0.5, 0.6) is 0 Å². The molecule has 0 radical (unpaired) electrons. The first-order valence-corrected chi connectivity index (χ1v) is 17.6. The Morgan fingerprint density at radius 2 is 1.60 bits per heavy atom. The molecule has 16 atom stereocenters. The Kier molecular flexibility index (Phi) is 7.76. The van der Waals surface area contributed by atoms with Gasteiger partial charge in [0.05, 0.1) is 60.4 Å². The van der Waals surface area contributed by atoms with Gasteiger partial charge >= 0.3 is 0 Å². The molecule has 4 N–H and O–H groups in total. The van der Waals surface area contributed by atoms with Crippen LogP contribution in [0.1, 0.15) is 100 Å². The van der Waals surface area contributed by atoms with Gasteiger partial charge < -0.3 is 48.8 Å². The van der Waals surface area contributed by atoms with Crippen LogP contribution in [0.15, 0.2) is 0 Å². The monoisotopic (exact) mass is 638 g/mol. The van der Waals surface area contributed by atoms with Crippen molar-refractivity contribution in [3.63, 3.8) is 0 Å². The first-order chi connectivity index (χ1) is 20.9. The summed E-state index contributed by atoms with van der Waals surface area (Å²) in [5.41, 5.74) is -3.43. The van der Waals surface area contributed by atoms with Crippen LogP contribution >= 0.6 is 0 Å². The molecule has 45 heavy (non-hydrogen) atoms. The van der Waals surface area contributed by atoms with Gasteiger partial charge in [0.1, 0.15) is 6.10 Å². The van der Waals surface area contributed by atoms with Crippen molar-refractivity contribution in [2.45, 2.75) is 166 Å². The maximum Gasteiger partial charge on any atom is 0.187 e. The first kappa shape index (κ1) is 33.1. The number of aliphatic hydroxyl groups excluding tert-OH is 2. The lowest BCUT2D eigenvalue weighted by Gasteiger charge is -2.71. The standard InChI is InChI=1S/C35H58O10/c1-18-14-32(8)22(24(37)16-36)10-12-35(32,39)23-9-11-33(38)15-21(13-25-34(33,26(18)23)17-40-30(4,5)43-25)42-29-28-27(19(2)20(3)41-29)44-31(6,7)45-28/h18-29,36-39H,9-17H2,1-8H3/t18-,19+,20+,21+,22-,23?,24?,25-,26?,27-,28-,29+,32-,33+,34-,35+/m1/s1. The van der Waals surface area contributed by atoms with Crippen molar-refractivity contribution in [1.82, 2.24) is 0 Å². The van der Waals surface area contributed by atoms with E-state index in [1.54, 1.807) is 0 Å². The summed E-state index contributed by atoms with van der Waals surface area (Å²) in [6, 6.07) is 0. The molecular formula is C35H58O10. The molecule has 10 heteroatoms. The lowest BCUT2D eigenvalue weighted by molar-refractivity contribution is -0.405. The highest BCUT2D eigenvalue weighted by Gasteiger charge is 2.76. The largest absolute Gasteiger partial charge is 0.394 e. The number of ether oxygens (including phenoxy) is 6. The van der Waals surface area contributed by atoms with Crippen LogP contribution < -0.4 is 0 Å². The fourth-order valence-corrected chi connectivity index (χ4v) is 12.1. The minimum absolute atomic E-state index is 0.0510. The molecule has 0 aromatic rings. The van der Waals surface area contributed by atoms with E-state index in [0.29, 0.717) is 51.6 Å². The predicted octanol–water partition coefficient (Wildman–Crippen LogP) is 3.50. The number of aliphatic hydroxyl groups is 4. The number of hydrogen-bond acceptors (Lipinski definition) is 10. The normalized spacial score (nSPS) is 57.2. The Labute approximate surface area is 268 Å². The number of fused-ring (bicyclic) bond motifs is 4. The lowest BCUT2D eigenvalue weighted by atomic mass is 9.38. The van der Waals surface area contributed by atoms with Gasteiger partial charge in [-0.3, -0.25) is 0 Å². The molecule has 3 saturated heterocycles. The molecule has 4 aliphatic carbocycles. The average molecular weight is 639 g/mol. The van der Waals surface area contributed by atoms with Crippen LogP contribution in [0, 0.1) is 40.4 Å². The van der Waals surface area contributed by atoms with Crippen LogP contribution in [0.25, 0.3) is 0 Å². The van der Waals surface area contributed by atoms with Crippen LogP contribution in [0.4, 0.5) is 0 Å². The fourth-order valence-electron chi connectivity index (χ4n) is 12.1. The van der Waals surface area contributed by atoms with Crippen molar-refractivity contribution in [3.05, 3.63) is 0 Å². The average Bonchev–Trinajstić information content (AvgIpc) is 3.42. The summed E-state index contributed by atoms with van der Waals surface area (Å²) in [4.78, 5) is 0. The van der Waals surface area contributed by atoms with Crippen LogP contribution in [-0.2, 0) is 28.4 Å². The molecule has 3 heterocycles. The lowest BCUT2D eigenvalue weighted by Crippen LogP contribution is -2.77. The Balaban J connectivity index is 1.21. The Hall–Kier alpha value is -0.400. The zero-order valence-electron chi connectivity index (χ0n) is 28.5. The van der Waals surface area contributed by atoms with E-state index in [0.717, 1.165) is 0 Å². The zero-order chi connectivity index (χ0) is 32.5. The van der Waals surface area contributed by atoms with Gasteiger partial charge in [0.2, 0.25) is 0 Å². The molecule has 4 saturated carbocycles. The van der Waals surface area contributed by atoms with Crippen molar-refractivity contribution >= 4 is 0 Å². The van der Waals surface area contributed by atoms with E-state index in [-0.39, 0.29) is 66.7 Å². The molecule has 7 aliphatic rings. The molecule has 7 rings (SSSR count). The van der Waals surface area contributed by atoms with Crippen LogP contribution in [0.2, 0.25) is 0 Å². The first-order valence-electron chi connectivity index (χ1n) is 17.6. The maximum absolute atomic E-state index is 12.9. The van der Waals surface area contributed by atoms with Crippen LogP contribution in [-0.4, -0.2) is 99.3 Å². The third kappa shape index (κ3) is 4.63. The predicted molar refractivity (Wildman–Crippen MR) is 163 cm³/mol. The van der Waals surface area contributed by atoms with Crippen molar-refractivity contribution in [2.75, 3.05) is 13.2 Å². The van der Waals surface area contributed by atoms with Crippen molar-refractivity contribution in [3.8, 4) is 0 Å². The summed E-state index contributed by atoms with van der Waals surface area (Å²) in [6.45, 7) is 16.3. The van der Waals surface area contributed by atoms with Gasteiger partial charge in [-0.15, -0.1) is 0 Å². The van der Waals surface area contributed by atoms with E-state index in [1.807, 2.05) is 34.6 Å². The molecule has 7 fully saturated rings. The van der Waals surface area contributed by atoms with Gasteiger partial charge in [0.15, 0.2) is 17.9 Å². The topological polar surface area (TPSA) is 136 Å². The van der Waals surface area contributed by atoms with Crippen LogP contribution in [0.3, 0.4) is 0 Å². The fraction of sp³-hybridized carbons (Fsp3) is 1.00. The van der Waals surface area contributed by atoms with Gasteiger partial charge in [0, 0.05) is 24.2 Å². The van der Waals surface area contributed by atoms with Crippen molar-refractivity contribution < 1.29 is 48.8 Å². The molecule has 1 spiro atoms. The Bertz CT molecular complexity index is 1150. The SMILES string of the molecule is C[C@@H]1[C@H]2OC(C)(C)O[C@H]2[C@H](O[C@H]2C[C@H]3OC(C)(C)OC[C@]34C3C(CC[C@]4(O)C2)[C@@]2(O)CC[C@H](C(O)CO)[C@@]2(C)C[C@H]3C)O[C@H]1C. The Morgan fingerprint density at radius 1 is 0.889 bits per heavy atom. The molecule has 10 nitrogen and oxygen atoms in total. The molecule has 0 amide bonds. The van der Waals surface area contributed by atoms with Gasteiger partial charge in [-0.1, -0.05) is 20.8 Å². The van der Waals surface area contributed by atoms with E-state index < -0.39 is 46.0 Å². The van der Waals surface area contributed by atoms with Gasteiger partial charge in [-0.2, -0.15) is 0 Å². The summed E-state index contributed by atoms with van der Waals surface area (Å²) < 4.78 is 39.1.